The highest BCUT2D eigenvalue weighted by atomic mass is 32.2. The number of sulfonamides is 1. The average molecular weight is 688 g/mol. The summed E-state index contributed by atoms with van der Waals surface area (Å²) in [4.78, 5) is 23.5. The van der Waals surface area contributed by atoms with Gasteiger partial charge in [-0.15, -0.1) is 0 Å². The van der Waals surface area contributed by atoms with Crippen LogP contribution in [0.25, 0.3) is 11.1 Å². The number of piperidine rings is 1. The zero-order valence-electron chi connectivity index (χ0n) is 28.4. The van der Waals surface area contributed by atoms with E-state index in [4.69, 9.17) is 9.73 Å². The van der Waals surface area contributed by atoms with Crippen LogP contribution in [0.1, 0.15) is 70.8 Å². The van der Waals surface area contributed by atoms with Gasteiger partial charge < -0.3 is 4.74 Å². The molecule has 3 saturated heterocycles. The second-order valence-corrected chi connectivity index (χ2v) is 16.1. The molecule has 1 saturated carbocycles. The normalized spacial score (nSPS) is 22.0. The third kappa shape index (κ3) is 6.92. The van der Waals surface area contributed by atoms with Crippen molar-refractivity contribution in [3.8, 4) is 16.9 Å². The lowest BCUT2D eigenvalue weighted by Crippen LogP contribution is -2.57. The third-order valence-electron chi connectivity index (χ3n) is 10.3. The third-order valence-corrected chi connectivity index (χ3v) is 12.2. The van der Waals surface area contributed by atoms with Gasteiger partial charge in [0, 0.05) is 31.7 Å². The van der Waals surface area contributed by atoms with Crippen molar-refractivity contribution in [1.82, 2.24) is 10.2 Å². The number of rotatable bonds is 8. The number of hydrogen-bond donors (Lipinski definition) is 1. The molecule has 3 aliphatic heterocycles. The standard InChI is InChI=1S/C38H46FN5O4S/c1-27(2)48-33-11-6-8-28(24-33)26-42-21-18-38(19-22-42)36(40-31-9-4-3-5-10-31)41-37(45)44(38)35-25-30(39)14-17-34(35)29-12-15-32(16-13-29)43-20-7-23-49(43,46)47/h6,8,11-17,24-25,27,31H,3-5,7,9-10,18-23,26H2,1-2H3,(H,40,41,45). The number of likely N-dealkylation sites (tertiary alicyclic amines) is 1. The molecule has 3 heterocycles. The Kier molecular flexibility index (Phi) is 9.41. The first-order chi connectivity index (χ1) is 23.6. The van der Waals surface area contributed by atoms with Crippen molar-refractivity contribution in [2.75, 3.05) is 34.6 Å². The van der Waals surface area contributed by atoms with Crippen LogP contribution in [-0.4, -0.2) is 68.3 Å². The number of nitrogens with one attached hydrogen (secondary N) is 1. The Bertz CT molecular complexity index is 1820. The van der Waals surface area contributed by atoms with E-state index in [0.717, 1.165) is 56.6 Å². The fraction of sp³-hybridized carbons (Fsp3) is 0.474. The van der Waals surface area contributed by atoms with E-state index >= 15 is 4.39 Å². The minimum absolute atomic E-state index is 0.0947. The lowest BCUT2D eigenvalue weighted by molar-refractivity contribution is 0.183. The fourth-order valence-electron chi connectivity index (χ4n) is 7.92. The Morgan fingerprint density at radius 3 is 2.41 bits per heavy atom. The van der Waals surface area contributed by atoms with Gasteiger partial charge in [-0.2, -0.15) is 0 Å². The van der Waals surface area contributed by atoms with E-state index in [1.54, 1.807) is 23.1 Å². The van der Waals surface area contributed by atoms with E-state index in [1.165, 1.54) is 28.4 Å². The van der Waals surface area contributed by atoms with E-state index in [0.29, 0.717) is 48.6 Å². The summed E-state index contributed by atoms with van der Waals surface area (Å²) in [5.41, 5.74) is 2.99. The summed E-state index contributed by atoms with van der Waals surface area (Å²) >= 11 is 0. The van der Waals surface area contributed by atoms with Crippen LogP contribution in [0.2, 0.25) is 0 Å². The van der Waals surface area contributed by atoms with Gasteiger partial charge in [-0.3, -0.25) is 24.4 Å². The summed E-state index contributed by atoms with van der Waals surface area (Å²) in [5.74, 6) is 1.26. The van der Waals surface area contributed by atoms with Gasteiger partial charge in [-0.1, -0.05) is 43.5 Å². The van der Waals surface area contributed by atoms with Gasteiger partial charge in [-0.25, -0.2) is 17.6 Å². The highest BCUT2D eigenvalue weighted by molar-refractivity contribution is 7.93. The molecular weight excluding hydrogens is 642 g/mol. The Hall–Kier alpha value is -3.96. The summed E-state index contributed by atoms with van der Waals surface area (Å²) in [6.07, 6.45) is 7.43. The molecule has 0 bridgehead atoms. The first-order valence-electron chi connectivity index (χ1n) is 17.7. The van der Waals surface area contributed by atoms with Crippen LogP contribution in [0.3, 0.4) is 0 Å². The van der Waals surface area contributed by atoms with E-state index in [2.05, 4.69) is 22.3 Å². The molecule has 7 rings (SSSR count). The van der Waals surface area contributed by atoms with Crippen molar-refractivity contribution in [3.05, 3.63) is 78.1 Å². The lowest BCUT2D eigenvalue weighted by atomic mass is 9.84. The second-order valence-electron chi connectivity index (χ2n) is 14.1. The Morgan fingerprint density at radius 2 is 1.71 bits per heavy atom. The van der Waals surface area contributed by atoms with Gasteiger partial charge in [0.15, 0.2) is 0 Å². The Balaban J connectivity index is 1.21. The molecule has 1 spiro atoms. The number of nitrogens with zero attached hydrogens (tertiary/aromatic N) is 4. The first-order valence-corrected chi connectivity index (χ1v) is 19.3. The Labute approximate surface area is 289 Å². The van der Waals surface area contributed by atoms with Gasteiger partial charge in [0.1, 0.15) is 22.9 Å². The summed E-state index contributed by atoms with van der Waals surface area (Å²) in [7, 11) is -3.32. The number of anilines is 2. The number of carbonyl (C=O) groups is 1. The fourth-order valence-corrected chi connectivity index (χ4v) is 9.48. The average Bonchev–Trinajstić information content (AvgIpc) is 3.57. The molecule has 1 aliphatic carbocycles. The maximum Gasteiger partial charge on any atom is 0.328 e. The predicted octanol–water partition coefficient (Wildman–Crippen LogP) is 7.12. The van der Waals surface area contributed by atoms with Gasteiger partial charge in [0.2, 0.25) is 10.0 Å². The predicted molar refractivity (Wildman–Crippen MR) is 192 cm³/mol. The number of halogens is 1. The molecule has 0 aromatic heterocycles. The number of urea groups is 1. The topological polar surface area (TPSA) is 94.6 Å². The van der Waals surface area contributed by atoms with Gasteiger partial charge in [0.25, 0.3) is 0 Å². The molecule has 49 heavy (non-hydrogen) atoms. The minimum Gasteiger partial charge on any atom is -0.491 e. The quantitative estimate of drug-likeness (QED) is 0.272. The number of carbonyl (C=O) groups excluding carboxylic acids is 1. The zero-order valence-corrected chi connectivity index (χ0v) is 29.2. The number of benzene rings is 3. The van der Waals surface area contributed by atoms with Crippen molar-refractivity contribution in [2.24, 2.45) is 4.99 Å². The summed E-state index contributed by atoms with van der Waals surface area (Å²) < 4.78 is 47.6. The number of aliphatic imine (C=N–C) groups is 1. The SMILES string of the molecule is CC(C)Oc1cccc(CN2CCC3(CC2)C(=NC2CCCCC2)NC(=O)N3c2cc(F)ccc2-c2ccc(N3CCCS3(=O)=O)cc2)c1. The Morgan fingerprint density at radius 1 is 0.959 bits per heavy atom. The van der Waals surface area contributed by atoms with Gasteiger partial charge >= 0.3 is 6.03 Å². The van der Waals surface area contributed by atoms with E-state index < -0.39 is 21.4 Å². The summed E-state index contributed by atoms with van der Waals surface area (Å²) in [5, 5.41) is 3.16. The van der Waals surface area contributed by atoms with Crippen molar-refractivity contribution in [2.45, 2.75) is 89.4 Å². The lowest BCUT2D eigenvalue weighted by Gasteiger charge is -2.44. The van der Waals surface area contributed by atoms with E-state index in [1.807, 2.05) is 38.1 Å². The largest absolute Gasteiger partial charge is 0.491 e. The second kappa shape index (κ2) is 13.7. The van der Waals surface area contributed by atoms with Crippen molar-refractivity contribution >= 4 is 33.3 Å². The van der Waals surface area contributed by atoms with Crippen LogP contribution in [0.4, 0.5) is 20.6 Å². The first kappa shape index (κ1) is 33.5. The van der Waals surface area contributed by atoms with Crippen molar-refractivity contribution < 1.29 is 22.3 Å². The van der Waals surface area contributed by atoms with Crippen LogP contribution in [0.15, 0.2) is 71.7 Å². The van der Waals surface area contributed by atoms with E-state index in [-0.39, 0.29) is 23.9 Å². The highest BCUT2D eigenvalue weighted by Gasteiger charge is 2.53. The number of ether oxygens (including phenoxy) is 1. The molecule has 3 aromatic rings. The van der Waals surface area contributed by atoms with Crippen LogP contribution in [0.5, 0.6) is 5.75 Å². The molecule has 4 aliphatic rings. The zero-order chi connectivity index (χ0) is 34.2. The van der Waals surface area contributed by atoms with Crippen molar-refractivity contribution in [3.63, 3.8) is 0 Å². The number of amides is 2. The molecule has 0 unspecified atom stereocenters. The minimum atomic E-state index is -3.32. The van der Waals surface area contributed by atoms with Crippen LogP contribution >= 0.6 is 0 Å². The van der Waals surface area contributed by atoms with Crippen molar-refractivity contribution in [1.29, 1.82) is 0 Å². The molecule has 0 radical (unpaired) electrons. The van der Waals surface area contributed by atoms with E-state index in [9.17, 15) is 13.2 Å². The molecule has 2 amide bonds. The van der Waals surface area contributed by atoms with Crippen LogP contribution in [-0.2, 0) is 16.6 Å². The smallest absolute Gasteiger partial charge is 0.328 e. The highest BCUT2D eigenvalue weighted by Crippen LogP contribution is 2.43. The van der Waals surface area contributed by atoms with Gasteiger partial charge in [0.05, 0.1) is 29.3 Å². The molecule has 260 valence electrons. The van der Waals surface area contributed by atoms with Gasteiger partial charge in [-0.05, 0) is 99.5 Å². The molecule has 11 heteroatoms. The number of amidine groups is 1. The maximum atomic E-state index is 15.2. The maximum absolute atomic E-state index is 15.2. The molecule has 4 fully saturated rings. The molecule has 0 atom stereocenters. The molecule has 3 aromatic carbocycles. The van der Waals surface area contributed by atoms with Crippen LogP contribution in [0, 0.1) is 5.82 Å². The monoisotopic (exact) mass is 687 g/mol. The molecule has 1 N–H and O–H groups in total. The summed E-state index contributed by atoms with van der Waals surface area (Å²) in [6, 6.07) is 19.9. The molecular formula is C38H46FN5O4S. The van der Waals surface area contributed by atoms with Crippen LogP contribution < -0.4 is 19.3 Å². The number of hydrogen-bond acceptors (Lipinski definition) is 6. The summed E-state index contributed by atoms with van der Waals surface area (Å²) in [6.45, 7) is 6.71. The molecule has 9 nitrogen and oxygen atoms in total.